The molecule has 18 heavy (non-hydrogen) atoms. The quantitative estimate of drug-likeness (QED) is 0.874. The Bertz CT molecular complexity index is 381. The monoisotopic (exact) mass is 253 g/mol. The summed E-state index contributed by atoms with van der Waals surface area (Å²) in [5.74, 6) is 0.242. The Hall–Kier alpha value is -1.16. The Kier molecular flexibility index (Phi) is 5.08. The highest BCUT2D eigenvalue weighted by Crippen LogP contribution is 2.19. The molecule has 102 valence electrons. The smallest absolute Gasteiger partial charge is 0.170 e. The molecule has 0 unspecified atom stereocenters. The lowest BCUT2D eigenvalue weighted by Crippen LogP contribution is -2.35. The molecule has 0 atom stereocenters. The van der Waals surface area contributed by atoms with E-state index in [4.69, 9.17) is 0 Å². The third kappa shape index (κ3) is 3.95. The molecule has 0 aliphatic rings. The first-order valence-corrected chi connectivity index (χ1v) is 6.52. The number of anilines is 1. The van der Waals surface area contributed by atoms with Gasteiger partial charge < -0.3 is 10.2 Å². The molecule has 1 N–H and O–H groups in total. The first-order valence-electron chi connectivity index (χ1n) is 6.52. The molecule has 0 saturated heterocycles. The minimum Gasteiger partial charge on any atom is -0.355 e. The van der Waals surface area contributed by atoms with Crippen molar-refractivity contribution in [1.29, 1.82) is 0 Å². The van der Waals surface area contributed by atoms with Crippen LogP contribution in [0.15, 0.2) is 12.3 Å². The van der Waals surface area contributed by atoms with Crippen LogP contribution >= 0.6 is 0 Å². The molecule has 0 radical (unpaired) electrons. The Morgan fingerprint density at radius 3 is 2.39 bits per heavy atom. The molecule has 4 heteroatoms. The van der Waals surface area contributed by atoms with Gasteiger partial charge in [-0.25, -0.2) is 9.37 Å². The number of nitrogens with zero attached hydrogens (tertiary/aromatic N) is 2. The third-order valence-electron chi connectivity index (χ3n) is 2.82. The summed E-state index contributed by atoms with van der Waals surface area (Å²) in [7, 11) is 0. The molecule has 1 aromatic rings. The first kappa shape index (κ1) is 14.9. The lowest BCUT2D eigenvalue weighted by atomic mass is 10.1. The minimum absolute atomic E-state index is 0.0227. The van der Waals surface area contributed by atoms with Crippen LogP contribution in [0, 0.1) is 5.82 Å². The van der Waals surface area contributed by atoms with E-state index >= 15 is 0 Å². The van der Waals surface area contributed by atoms with Crippen LogP contribution in [-0.2, 0) is 6.54 Å². The van der Waals surface area contributed by atoms with E-state index in [1.165, 1.54) is 0 Å². The summed E-state index contributed by atoms with van der Waals surface area (Å²) in [6.07, 6.45) is 1.68. The normalized spacial score (nSPS) is 11.7. The van der Waals surface area contributed by atoms with E-state index in [1.54, 1.807) is 12.3 Å². The van der Waals surface area contributed by atoms with Crippen LogP contribution in [0.4, 0.5) is 10.2 Å². The molecule has 1 heterocycles. The van der Waals surface area contributed by atoms with Crippen molar-refractivity contribution in [2.45, 2.75) is 46.7 Å². The van der Waals surface area contributed by atoms with Crippen LogP contribution in [-0.4, -0.2) is 23.6 Å². The van der Waals surface area contributed by atoms with Crippen molar-refractivity contribution in [1.82, 2.24) is 10.3 Å². The predicted octanol–water partition coefficient (Wildman–Crippen LogP) is 2.96. The highest BCUT2D eigenvalue weighted by molar-refractivity contribution is 5.42. The Morgan fingerprint density at radius 1 is 1.28 bits per heavy atom. The molecule has 1 aromatic heterocycles. The molecule has 0 spiro atoms. The minimum atomic E-state index is -0.210. The maximum Gasteiger partial charge on any atom is 0.170 e. The molecule has 0 amide bonds. The maximum atomic E-state index is 14.3. The number of hydrogen-bond acceptors (Lipinski definition) is 3. The molecule has 3 nitrogen and oxygen atoms in total. The molecular formula is C14H24FN3. The Morgan fingerprint density at radius 2 is 1.89 bits per heavy atom. The molecule has 0 bridgehead atoms. The summed E-state index contributed by atoms with van der Waals surface area (Å²) in [5.41, 5.74) is 0.646. The van der Waals surface area contributed by atoms with Crippen LogP contribution in [0.5, 0.6) is 0 Å². The molecular weight excluding hydrogens is 229 g/mol. The summed E-state index contributed by atoms with van der Waals surface area (Å²) < 4.78 is 14.3. The van der Waals surface area contributed by atoms with Gasteiger partial charge in [-0.3, -0.25) is 0 Å². The largest absolute Gasteiger partial charge is 0.355 e. The zero-order chi connectivity index (χ0) is 13.8. The summed E-state index contributed by atoms with van der Waals surface area (Å²) in [6.45, 7) is 12.3. The van der Waals surface area contributed by atoms with Gasteiger partial charge >= 0.3 is 0 Å². The van der Waals surface area contributed by atoms with Crippen molar-refractivity contribution >= 4 is 5.82 Å². The second-order valence-corrected chi connectivity index (χ2v) is 5.38. The van der Waals surface area contributed by atoms with E-state index < -0.39 is 0 Å². The van der Waals surface area contributed by atoms with E-state index in [0.29, 0.717) is 17.9 Å². The molecule has 0 saturated carbocycles. The molecule has 0 aromatic carbocycles. The average Bonchev–Trinajstić information content (AvgIpc) is 2.30. The van der Waals surface area contributed by atoms with Gasteiger partial charge in [0.05, 0.1) is 0 Å². The Balaban J connectivity index is 2.91. The van der Waals surface area contributed by atoms with Crippen LogP contribution in [0.3, 0.4) is 0 Å². The highest BCUT2D eigenvalue weighted by atomic mass is 19.1. The number of halogens is 1. The van der Waals surface area contributed by atoms with Crippen LogP contribution in [0.2, 0.25) is 0 Å². The number of rotatable bonds is 5. The topological polar surface area (TPSA) is 28.2 Å². The van der Waals surface area contributed by atoms with Gasteiger partial charge in [0.2, 0.25) is 0 Å². The second-order valence-electron chi connectivity index (χ2n) is 5.38. The molecule has 0 aliphatic heterocycles. The van der Waals surface area contributed by atoms with Gasteiger partial charge in [-0.2, -0.15) is 0 Å². The fourth-order valence-electron chi connectivity index (χ4n) is 1.71. The number of hydrogen-bond donors (Lipinski definition) is 1. The summed E-state index contributed by atoms with van der Waals surface area (Å²) in [5, 5.41) is 3.29. The van der Waals surface area contributed by atoms with Crippen LogP contribution in [0.1, 0.15) is 40.2 Å². The predicted molar refractivity (Wildman–Crippen MR) is 74.3 cm³/mol. The summed E-state index contributed by atoms with van der Waals surface area (Å²) in [4.78, 5) is 6.08. The lowest BCUT2D eigenvalue weighted by molar-refractivity contribution is 0.418. The van der Waals surface area contributed by atoms with E-state index in [2.05, 4.69) is 31.1 Å². The summed E-state index contributed by atoms with van der Waals surface area (Å²) >= 11 is 0. The van der Waals surface area contributed by atoms with Crippen molar-refractivity contribution in [3.8, 4) is 0 Å². The zero-order valence-corrected chi connectivity index (χ0v) is 12.0. The summed E-state index contributed by atoms with van der Waals surface area (Å²) in [6, 6.07) is 1.74. The first-order chi connectivity index (χ1) is 8.39. The average molecular weight is 253 g/mol. The van der Waals surface area contributed by atoms with Crippen molar-refractivity contribution < 1.29 is 4.39 Å². The number of nitrogens with one attached hydrogen (secondary N) is 1. The van der Waals surface area contributed by atoms with E-state index in [-0.39, 0.29) is 11.4 Å². The molecule has 0 aliphatic carbocycles. The van der Waals surface area contributed by atoms with E-state index in [0.717, 1.165) is 13.1 Å². The SMILES string of the molecule is CCN(CC)c1nccc(CNC(C)(C)C)c1F. The van der Waals surface area contributed by atoms with Crippen LogP contribution in [0.25, 0.3) is 0 Å². The van der Waals surface area contributed by atoms with Gasteiger partial charge in [-0.05, 0) is 40.7 Å². The fraction of sp³-hybridized carbons (Fsp3) is 0.643. The molecule has 0 fully saturated rings. The number of aromatic nitrogens is 1. The number of pyridine rings is 1. The van der Waals surface area contributed by atoms with E-state index in [1.807, 2.05) is 18.7 Å². The highest BCUT2D eigenvalue weighted by Gasteiger charge is 2.15. The van der Waals surface area contributed by atoms with Crippen LogP contribution < -0.4 is 10.2 Å². The standard InChI is InChI=1S/C14H24FN3/c1-6-18(7-2)13-12(15)11(8-9-16-13)10-17-14(3,4)5/h8-9,17H,6-7,10H2,1-5H3. The van der Waals surface area contributed by atoms with Crippen molar-refractivity contribution in [3.05, 3.63) is 23.6 Å². The maximum absolute atomic E-state index is 14.3. The van der Waals surface area contributed by atoms with Crippen molar-refractivity contribution in [2.24, 2.45) is 0 Å². The van der Waals surface area contributed by atoms with Crippen molar-refractivity contribution in [2.75, 3.05) is 18.0 Å². The lowest BCUT2D eigenvalue weighted by Gasteiger charge is -2.23. The van der Waals surface area contributed by atoms with Crippen molar-refractivity contribution in [3.63, 3.8) is 0 Å². The third-order valence-corrected chi connectivity index (χ3v) is 2.82. The zero-order valence-electron chi connectivity index (χ0n) is 12.0. The van der Waals surface area contributed by atoms with Gasteiger partial charge in [-0.15, -0.1) is 0 Å². The molecule has 1 rings (SSSR count). The van der Waals surface area contributed by atoms with E-state index in [9.17, 15) is 4.39 Å². The van der Waals surface area contributed by atoms with Gasteiger partial charge in [-0.1, -0.05) is 0 Å². The fourth-order valence-corrected chi connectivity index (χ4v) is 1.71. The van der Waals surface area contributed by atoms with Gasteiger partial charge in [0, 0.05) is 36.9 Å². The van der Waals surface area contributed by atoms with Gasteiger partial charge in [0.25, 0.3) is 0 Å². The van der Waals surface area contributed by atoms with Gasteiger partial charge in [0.1, 0.15) is 0 Å². The van der Waals surface area contributed by atoms with Gasteiger partial charge in [0.15, 0.2) is 11.6 Å². The Labute approximate surface area is 109 Å². The second kappa shape index (κ2) is 6.14.